The van der Waals surface area contributed by atoms with Crippen molar-refractivity contribution in [1.29, 1.82) is 0 Å². The minimum absolute atomic E-state index is 0.0127. The van der Waals surface area contributed by atoms with Gasteiger partial charge in [-0.2, -0.15) is 0 Å². The molecule has 4 saturated carbocycles. The quantitative estimate of drug-likeness (QED) is 0.310. The number of esters is 1. The minimum atomic E-state index is -0.661. The van der Waals surface area contributed by atoms with Gasteiger partial charge in [-0.1, -0.05) is 20.8 Å². The number of carboxylic acid groups (broad SMARTS) is 1. The van der Waals surface area contributed by atoms with Crippen LogP contribution in [0.15, 0.2) is 0 Å². The van der Waals surface area contributed by atoms with Crippen LogP contribution in [0, 0.1) is 46.3 Å². The first kappa shape index (κ1) is 26.9. The van der Waals surface area contributed by atoms with E-state index in [1.807, 2.05) is 0 Å². The monoisotopic (exact) mass is 492 g/mol. The Morgan fingerprint density at radius 1 is 0.971 bits per heavy atom. The first-order valence-electron chi connectivity index (χ1n) is 14.2. The fourth-order valence-corrected chi connectivity index (χ4v) is 9.37. The lowest BCUT2D eigenvalue weighted by Crippen LogP contribution is -2.54. The third kappa shape index (κ3) is 5.44. The molecule has 1 unspecified atom stereocenters. The van der Waals surface area contributed by atoms with Gasteiger partial charge in [0.15, 0.2) is 0 Å². The van der Waals surface area contributed by atoms with Crippen LogP contribution in [0.25, 0.3) is 0 Å². The van der Waals surface area contributed by atoms with Crippen LogP contribution in [-0.2, 0) is 23.8 Å². The highest BCUT2D eigenvalue weighted by molar-refractivity contribution is 5.70. The highest BCUT2D eigenvalue weighted by atomic mass is 16.6. The molecule has 0 aliphatic heterocycles. The second-order valence-corrected chi connectivity index (χ2v) is 12.7. The molecular weight excluding hydrogens is 444 g/mol. The molecule has 4 aliphatic rings. The van der Waals surface area contributed by atoms with E-state index in [2.05, 4.69) is 20.8 Å². The molecule has 35 heavy (non-hydrogen) atoms. The maximum Gasteiger partial charge on any atom is 0.332 e. The predicted octanol–water partition coefficient (Wildman–Crippen LogP) is 5.72. The minimum Gasteiger partial charge on any atom is -0.481 e. The van der Waals surface area contributed by atoms with Crippen LogP contribution in [0.3, 0.4) is 0 Å². The number of carboxylic acids is 1. The van der Waals surface area contributed by atoms with Gasteiger partial charge in [-0.15, -0.1) is 0 Å². The summed E-state index contributed by atoms with van der Waals surface area (Å²) in [5.41, 5.74) is 0.729. The van der Waals surface area contributed by atoms with Crippen molar-refractivity contribution in [3.63, 3.8) is 0 Å². The number of hydrogen-bond donors (Lipinski definition) is 1. The molecule has 1 N–H and O–H groups in total. The van der Waals surface area contributed by atoms with Crippen molar-refractivity contribution in [2.24, 2.45) is 46.3 Å². The van der Waals surface area contributed by atoms with Crippen molar-refractivity contribution in [2.45, 2.75) is 97.5 Å². The van der Waals surface area contributed by atoms with Crippen LogP contribution in [0.2, 0.25) is 0 Å². The van der Waals surface area contributed by atoms with Gasteiger partial charge >= 0.3 is 11.9 Å². The average molecular weight is 493 g/mol. The van der Waals surface area contributed by atoms with E-state index >= 15 is 0 Å². The Bertz CT molecular complexity index is 753. The second kappa shape index (κ2) is 11.1. The average Bonchev–Trinajstić information content (AvgIpc) is 3.18. The Hall–Kier alpha value is -1.14. The van der Waals surface area contributed by atoms with E-state index < -0.39 is 5.97 Å². The summed E-state index contributed by atoms with van der Waals surface area (Å²) in [7, 11) is 1.62. The van der Waals surface area contributed by atoms with Crippen LogP contribution < -0.4 is 0 Å². The summed E-state index contributed by atoms with van der Waals surface area (Å²) >= 11 is 0. The number of carbonyl (C=O) groups is 2. The van der Waals surface area contributed by atoms with Gasteiger partial charge < -0.3 is 19.3 Å². The van der Waals surface area contributed by atoms with Gasteiger partial charge in [-0.05, 0) is 111 Å². The molecule has 0 spiro atoms. The number of carbonyl (C=O) groups excluding carboxylic acids is 1. The smallest absolute Gasteiger partial charge is 0.332 e. The summed E-state index contributed by atoms with van der Waals surface area (Å²) in [6, 6.07) is 0. The molecule has 0 heterocycles. The summed E-state index contributed by atoms with van der Waals surface area (Å²) in [5, 5.41) is 9.18. The van der Waals surface area contributed by atoms with E-state index in [0.29, 0.717) is 48.2 Å². The maximum absolute atomic E-state index is 12.3. The number of rotatable bonds is 10. The second-order valence-electron chi connectivity index (χ2n) is 12.7. The molecule has 0 saturated heterocycles. The summed E-state index contributed by atoms with van der Waals surface area (Å²) in [5.74, 6) is 3.27. The molecule has 200 valence electrons. The van der Waals surface area contributed by atoms with E-state index in [0.717, 1.165) is 43.4 Å². The Labute approximate surface area is 211 Å². The van der Waals surface area contributed by atoms with Gasteiger partial charge in [0.1, 0.15) is 12.7 Å². The predicted molar refractivity (Wildman–Crippen MR) is 134 cm³/mol. The van der Waals surface area contributed by atoms with Gasteiger partial charge in [-0.25, -0.2) is 4.79 Å². The zero-order valence-electron chi connectivity index (χ0n) is 22.4. The van der Waals surface area contributed by atoms with Gasteiger partial charge in [0.2, 0.25) is 0 Å². The fraction of sp³-hybridized carbons (Fsp3) is 0.931. The van der Waals surface area contributed by atoms with E-state index in [9.17, 15) is 14.7 Å². The number of hydrogen-bond acceptors (Lipinski definition) is 5. The largest absolute Gasteiger partial charge is 0.481 e. The number of methoxy groups -OCH3 is 1. The Kier molecular flexibility index (Phi) is 8.52. The Morgan fingerprint density at radius 2 is 1.71 bits per heavy atom. The van der Waals surface area contributed by atoms with Crippen LogP contribution in [0.4, 0.5) is 0 Å². The molecule has 6 heteroatoms. The highest BCUT2D eigenvalue weighted by Gasteiger charge is 2.60. The lowest BCUT2D eigenvalue weighted by molar-refractivity contribution is -0.167. The van der Waals surface area contributed by atoms with Crippen molar-refractivity contribution in [1.82, 2.24) is 0 Å². The van der Waals surface area contributed by atoms with E-state index in [4.69, 9.17) is 14.2 Å². The summed E-state index contributed by atoms with van der Waals surface area (Å²) in [6.07, 6.45) is 12.0. The maximum atomic E-state index is 12.3. The first-order chi connectivity index (χ1) is 16.7. The first-order valence-corrected chi connectivity index (χ1v) is 14.2. The molecule has 4 aliphatic carbocycles. The summed E-state index contributed by atoms with van der Waals surface area (Å²) in [6.45, 7) is 8.31. The van der Waals surface area contributed by atoms with Gasteiger partial charge in [0.25, 0.3) is 0 Å². The SMILES string of the molecule is COCCOCC(=O)O[C@H]1CC[C@@]2(C)C(CC[C@H]3[C@@H]4CC[C@H]([C@H](C)CCC(=O)O)[C@@]4(C)CC[C@@H]32)C1. The zero-order chi connectivity index (χ0) is 25.2. The van der Waals surface area contributed by atoms with Gasteiger partial charge in [-0.3, -0.25) is 4.79 Å². The lowest BCUT2D eigenvalue weighted by Gasteiger charge is -2.61. The van der Waals surface area contributed by atoms with Crippen LogP contribution in [-0.4, -0.2) is 50.1 Å². The summed E-state index contributed by atoms with van der Waals surface area (Å²) < 4.78 is 16.1. The van der Waals surface area contributed by atoms with Gasteiger partial charge in [0.05, 0.1) is 13.2 Å². The molecule has 0 aromatic carbocycles. The number of fused-ring (bicyclic) bond motifs is 5. The van der Waals surface area contributed by atoms with Crippen molar-refractivity contribution in [3.05, 3.63) is 0 Å². The van der Waals surface area contributed by atoms with Crippen LogP contribution in [0.5, 0.6) is 0 Å². The molecule has 9 atom stereocenters. The molecule has 0 aromatic heterocycles. The van der Waals surface area contributed by atoms with Crippen molar-refractivity contribution < 1.29 is 28.9 Å². The molecule has 4 fully saturated rings. The lowest BCUT2D eigenvalue weighted by atomic mass is 9.44. The van der Waals surface area contributed by atoms with Crippen LogP contribution in [0.1, 0.15) is 91.4 Å². The number of ether oxygens (including phenoxy) is 3. The van der Waals surface area contributed by atoms with Crippen molar-refractivity contribution in [2.75, 3.05) is 26.9 Å². The van der Waals surface area contributed by atoms with Crippen molar-refractivity contribution >= 4 is 11.9 Å². The highest BCUT2D eigenvalue weighted by Crippen LogP contribution is 2.68. The normalized spacial score (nSPS) is 41.4. The molecule has 6 nitrogen and oxygen atoms in total. The third-order valence-corrected chi connectivity index (χ3v) is 11.1. The Balaban J connectivity index is 1.35. The van der Waals surface area contributed by atoms with Crippen LogP contribution >= 0.6 is 0 Å². The Morgan fingerprint density at radius 3 is 2.46 bits per heavy atom. The summed E-state index contributed by atoms with van der Waals surface area (Å²) in [4.78, 5) is 23.4. The zero-order valence-corrected chi connectivity index (χ0v) is 22.4. The van der Waals surface area contributed by atoms with E-state index in [-0.39, 0.29) is 18.7 Å². The van der Waals surface area contributed by atoms with Crippen molar-refractivity contribution in [3.8, 4) is 0 Å². The third-order valence-electron chi connectivity index (χ3n) is 11.1. The molecule has 0 aromatic rings. The molecule has 4 rings (SSSR count). The standard InChI is InChI=1S/C29H48O6/c1-19(5-10-26(30)31)23-8-9-24-22-7-6-20-17-21(35-27(32)18-34-16-15-33-4)11-13-28(20,2)25(22)12-14-29(23,24)3/h19-25H,5-18H2,1-4H3,(H,30,31)/t19-,20?,21+,22+,23-,24+,25+,28+,29-/m1/s1. The molecule has 0 bridgehead atoms. The van der Waals surface area contributed by atoms with Gasteiger partial charge in [0, 0.05) is 13.5 Å². The van der Waals surface area contributed by atoms with E-state index in [1.54, 1.807) is 7.11 Å². The topological polar surface area (TPSA) is 82.1 Å². The number of aliphatic carboxylic acids is 1. The molecule has 0 amide bonds. The fourth-order valence-electron chi connectivity index (χ4n) is 9.37. The molecule has 0 radical (unpaired) electrons. The van der Waals surface area contributed by atoms with E-state index in [1.165, 1.54) is 38.5 Å². The molecular formula is C29H48O6.